The molecule has 5 nitrogen and oxygen atoms in total. The van der Waals surface area contributed by atoms with E-state index in [-0.39, 0.29) is 24.3 Å². The van der Waals surface area contributed by atoms with Crippen LogP contribution in [0.5, 0.6) is 0 Å². The Morgan fingerprint density at radius 1 is 1.32 bits per heavy atom. The van der Waals surface area contributed by atoms with Gasteiger partial charge in [0, 0.05) is 6.20 Å². The van der Waals surface area contributed by atoms with Crippen LogP contribution in [0.3, 0.4) is 0 Å². The van der Waals surface area contributed by atoms with Gasteiger partial charge in [0.25, 0.3) is 5.56 Å². The van der Waals surface area contributed by atoms with Crippen molar-refractivity contribution in [2.75, 3.05) is 6.54 Å². The van der Waals surface area contributed by atoms with Gasteiger partial charge >= 0.3 is 6.09 Å². The number of nitrogens with one attached hydrogen (secondary N) is 2. The molecule has 0 fully saturated rings. The lowest BCUT2D eigenvalue weighted by Crippen LogP contribution is -2.24. The Kier molecular flexibility index (Phi) is 5.64. The molecule has 1 aromatic heterocycles. The number of hydrogen-bond donors (Lipinski definition) is 2. The summed E-state index contributed by atoms with van der Waals surface area (Å²) in [6.07, 6.45) is 0.812. The molecule has 1 aromatic carbocycles. The van der Waals surface area contributed by atoms with E-state index in [1.54, 1.807) is 0 Å². The number of pyridine rings is 1. The van der Waals surface area contributed by atoms with Crippen LogP contribution in [0.1, 0.15) is 11.1 Å². The summed E-state index contributed by atoms with van der Waals surface area (Å²) in [4.78, 5) is 25.3. The van der Waals surface area contributed by atoms with Gasteiger partial charge in [0.15, 0.2) is 0 Å². The third-order valence-electron chi connectivity index (χ3n) is 2.62. The molecule has 0 saturated carbocycles. The van der Waals surface area contributed by atoms with Crippen LogP contribution in [-0.2, 0) is 11.3 Å². The molecule has 2 aromatic rings. The van der Waals surface area contributed by atoms with E-state index < -0.39 is 6.09 Å². The highest BCUT2D eigenvalue weighted by molar-refractivity contribution is 6.30. The lowest BCUT2D eigenvalue weighted by atomic mass is 10.2. The van der Waals surface area contributed by atoms with Crippen LogP contribution >= 0.6 is 11.6 Å². The molecule has 0 aliphatic rings. The average molecular weight is 317 g/mol. The first-order valence-corrected chi connectivity index (χ1v) is 6.84. The second-order valence-corrected chi connectivity index (χ2v) is 4.71. The van der Waals surface area contributed by atoms with Crippen molar-refractivity contribution in [3.05, 3.63) is 69.1 Å². The predicted molar refractivity (Wildman–Crippen MR) is 83.6 cm³/mol. The minimum absolute atomic E-state index is 0.0690. The summed E-state index contributed by atoms with van der Waals surface area (Å²) in [5.74, 6) is 5.29. The molecule has 0 bridgehead atoms. The zero-order chi connectivity index (χ0) is 15.8. The smallest absolute Gasteiger partial charge is 0.408 e. The number of halogens is 1. The molecular formula is C16H13ClN2O3. The Labute approximate surface area is 132 Å². The standard InChI is InChI=1S/C16H13ClN2O3/c17-14-9-13(15(20)19-10-14)7-4-8-18-16(21)22-11-12-5-2-1-3-6-12/h1-3,5-6,9-10H,8,11H2,(H,18,21)(H,19,20). The maximum absolute atomic E-state index is 11.5. The third kappa shape index (κ3) is 5.00. The molecule has 6 heteroatoms. The normalized spacial score (nSPS) is 9.50. The topological polar surface area (TPSA) is 71.2 Å². The first-order valence-electron chi connectivity index (χ1n) is 6.47. The van der Waals surface area contributed by atoms with E-state index in [2.05, 4.69) is 22.1 Å². The van der Waals surface area contributed by atoms with Crippen molar-refractivity contribution in [2.45, 2.75) is 6.61 Å². The molecule has 112 valence electrons. The fraction of sp³-hybridized carbons (Fsp3) is 0.125. The zero-order valence-electron chi connectivity index (χ0n) is 11.6. The first kappa shape index (κ1) is 15.7. The fourth-order valence-electron chi connectivity index (χ4n) is 1.58. The maximum Gasteiger partial charge on any atom is 0.408 e. The van der Waals surface area contributed by atoms with Crippen molar-refractivity contribution in [1.29, 1.82) is 0 Å². The third-order valence-corrected chi connectivity index (χ3v) is 2.84. The number of carbonyl (C=O) groups is 1. The highest BCUT2D eigenvalue weighted by Gasteiger charge is 2.00. The molecule has 0 unspecified atom stereocenters. The summed E-state index contributed by atoms with van der Waals surface area (Å²) < 4.78 is 5.02. The first-order chi connectivity index (χ1) is 10.6. The molecule has 0 radical (unpaired) electrons. The van der Waals surface area contributed by atoms with Crippen molar-refractivity contribution in [3.8, 4) is 11.8 Å². The molecule has 1 heterocycles. The van der Waals surface area contributed by atoms with E-state index >= 15 is 0 Å². The summed E-state index contributed by atoms with van der Waals surface area (Å²) in [5.41, 5.74) is 0.810. The number of carbonyl (C=O) groups excluding carboxylic acids is 1. The number of hydrogen-bond acceptors (Lipinski definition) is 3. The molecule has 22 heavy (non-hydrogen) atoms. The molecule has 0 atom stereocenters. The van der Waals surface area contributed by atoms with Crippen molar-refractivity contribution in [1.82, 2.24) is 10.3 Å². The fourth-order valence-corrected chi connectivity index (χ4v) is 1.74. The molecule has 1 amide bonds. The predicted octanol–water partition coefficient (Wildman–Crippen LogP) is 2.31. The number of amides is 1. The van der Waals surface area contributed by atoms with Crippen molar-refractivity contribution < 1.29 is 9.53 Å². The van der Waals surface area contributed by atoms with E-state index in [1.807, 2.05) is 30.3 Å². The van der Waals surface area contributed by atoms with Gasteiger partial charge in [0.2, 0.25) is 0 Å². The Morgan fingerprint density at radius 2 is 2.09 bits per heavy atom. The highest BCUT2D eigenvalue weighted by Crippen LogP contribution is 2.04. The van der Waals surface area contributed by atoms with Gasteiger partial charge in [-0.3, -0.25) is 4.79 Å². The van der Waals surface area contributed by atoms with E-state index in [1.165, 1.54) is 12.3 Å². The number of rotatable bonds is 3. The quantitative estimate of drug-likeness (QED) is 0.854. The number of aromatic nitrogens is 1. The molecular weight excluding hydrogens is 304 g/mol. The van der Waals surface area contributed by atoms with Crippen LogP contribution in [-0.4, -0.2) is 17.6 Å². The summed E-state index contributed by atoms with van der Waals surface area (Å²) in [7, 11) is 0. The van der Waals surface area contributed by atoms with Crippen LogP contribution in [0.25, 0.3) is 0 Å². The average Bonchev–Trinajstić information content (AvgIpc) is 2.53. The molecule has 2 rings (SSSR count). The van der Waals surface area contributed by atoms with Crippen molar-refractivity contribution in [3.63, 3.8) is 0 Å². The monoisotopic (exact) mass is 316 g/mol. The number of H-pyrrole nitrogens is 1. The molecule has 0 saturated heterocycles. The van der Waals surface area contributed by atoms with Gasteiger partial charge in [0.1, 0.15) is 6.61 Å². The second kappa shape index (κ2) is 7.91. The Balaban J connectivity index is 1.79. The Bertz CT molecular complexity index is 760. The Hall–Kier alpha value is -2.71. The molecule has 2 N–H and O–H groups in total. The second-order valence-electron chi connectivity index (χ2n) is 4.28. The van der Waals surface area contributed by atoms with E-state index in [0.29, 0.717) is 5.02 Å². The lowest BCUT2D eigenvalue weighted by Gasteiger charge is -2.04. The van der Waals surface area contributed by atoms with Crippen LogP contribution in [0.4, 0.5) is 4.79 Å². The number of benzene rings is 1. The van der Waals surface area contributed by atoms with Crippen molar-refractivity contribution in [2.24, 2.45) is 0 Å². The highest BCUT2D eigenvalue weighted by atomic mass is 35.5. The lowest BCUT2D eigenvalue weighted by molar-refractivity contribution is 0.141. The number of aromatic amines is 1. The SMILES string of the molecule is O=C(NCC#Cc1cc(Cl)c[nH]c1=O)OCc1ccccc1. The van der Waals surface area contributed by atoms with Gasteiger partial charge in [-0.05, 0) is 11.6 Å². The van der Waals surface area contributed by atoms with Crippen LogP contribution in [0.15, 0.2) is 47.4 Å². The van der Waals surface area contributed by atoms with Gasteiger partial charge in [-0.1, -0.05) is 53.8 Å². The van der Waals surface area contributed by atoms with Gasteiger partial charge in [-0.25, -0.2) is 4.79 Å². The van der Waals surface area contributed by atoms with Gasteiger partial charge in [0.05, 0.1) is 17.1 Å². The van der Waals surface area contributed by atoms with Crippen LogP contribution in [0, 0.1) is 11.8 Å². The van der Waals surface area contributed by atoms with Gasteiger partial charge < -0.3 is 15.0 Å². The summed E-state index contributed by atoms with van der Waals surface area (Å²) in [6, 6.07) is 10.8. The van der Waals surface area contributed by atoms with Gasteiger partial charge in [-0.2, -0.15) is 0 Å². The molecule has 0 aliphatic carbocycles. The number of alkyl carbamates (subject to hydrolysis) is 1. The van der Waals surface area contributed by atoms with E-state index in [0.717, 1.165) is 5.56 Å². The van der Waals surface area contributed by atoms with Gasteiger partial charge in [-0.15, -0.1) is 0 Å². The van der Waals surface area contributed by atoms with Crippen LogP contribution in [0.2, 0.25) is 5.02 Å². The van der Waals surface area contributed by atoms with E-state index in [9.17, 15) is 9.59 Å². The number of ether oxygens (including phenoxy) is 1. The molecule has 0 aliphatic heterocycles. The Morgan fingerprint density at radius 3 is 2.86 bits per heavy atom. The zero-order valence-corrected chi connectivity index (χ0v) is 12.3. The van der Waals surface area contributed by atoms with Crippen LogP contribution < -0.4 is 10.9 Å². The van der Waals surface area contributed by atoms with E-state index in [4.69, 9.17) is 16.3 Å². The minimum Gasteiger partial charge on any atom is -0.445 e. The largest absolute Gasteiger partial charge is 0.445 e. The summed E-state index contributed by atoms with van der Waals surface area (Å²) >= 11 is 5.75. The summed E-state index contributed by atoms with van der Waals surface area (Å²) in [5, 5.41) is 2.87. The maximum atomic E-state index is 11.5. The molecule has 0 spiro atoms. The van der Waals surface area contributed by atoms with Crippen molar-refractivity contribution >= 4 is 17.7 Å². The minimum atomic E-state index is -0.571. The summed E-state index contributed by atoms with van der Waals surface area (Å²) in [6.45, 7) is 0.258.